The summed E-state index contributed by atoms with van der Waals surface area (Å²) >= 11 is 0. The first kappa shape index (κ1) is 81.9. The number of nitrogens with one attached hydrogen (secondary N) is 1. The van der Waals surface area contributed by atoms with Gasteiger partial charge in [-0.05, 0) is 103 Å². The van der Waals surface area contributed by atoms with Gasteiger partial charge in [-0.2, -0.15) is 0 Å². The van der Waals surface area contributed by atoms with Gasteiger partial charge in [0.05, 0.1) is 39.9 Å². The van der Waals surface area contributed by atoms with Gasteiger partial charge in [0.1, 0.15) is 13.2 Å². The number of likely N-dealkylation sites (N-methyl/N-ethyl adjacent to an activating group) is 1. The van der Waals surface area contributed by atoms with Gasteiger partial charge >= 0.3 is 7.82 Å². The molecule has 0 radical (unpaired) electrons. The van der Waals surface area contributed by atoms with E-state index >= 15 is 0 Å². The van der Waals surface area contributed by atoms with Crippen molar-refractivity contribution in [1.82, 2.24) is 5.32 Å². The minimum atomic E-state index is -4.38. The van der Waals surface area contributed by atoms with Gasteiger partial charge in [0.25, 0.3) is 0 Å². The maximum absolute atomic E-state index is 13.0. The number of phosphoric acid groups is 1. The number of aliphatic hydroxyl groups excluding tert-OH is 1. The highest BCUT2D eigenvalue weighted by Gasteiger charge is 2.28. The predicted octanol–water partition coefficient (Wildman–Crippen LogP) is 22.8. The molecule has 0 fully saturated rings. The number of rotatable bonds is 64. The molecule has 1 amide bonds. The lowest BCUT2D eigenvalue weighted by molar-refractivity contribution is -0.870. The molecule has 0 aromatic carbocycles. The predicted molar refractivity (Wildman–Crippen MR) is 373 cm³/mol. The zero-order valence-corrected chi connectivity index (χ0v) is 57.0. The molecule has 0 aromatic heterocycles. The van der Waals surface area contributed by atoms with Crippen LogP contribution in [-0.4, -0.2) is 73.4 Å². The van der Waals surface area contributed by atoms with E-state index < -0.39 is 20.0 Å². The molecule has 0 aliphatic carbocycles. The minimum Gasteiger partial charge on any atom is -0.387 e. The van der Waals surface area contributed by atoms with Crippen LogP contribution in [-0.2, 0) is 18.4 Å². The average Bonchev–Trinajstić information content (AvgIpc) is 3.49. The fourth-order valence-corrected chi connectivity index (χ4v) is 10.7. The largest absolute Gasteiger partial charge is 0.472 e. The Labute approximate surface area is 526 Å². The topological polar surface area (TPSA) is 105 Å². The molecule has 0 saturated carbocycles. The number of hydrogen-bond donors (Lipinski definition) is 3. The van der Waals surface area contributed by atoms with Crippen LogP contribution in [0.2, 0.25) is 0 Å². The van der Waals surface area contributed by atoms with Crippen LogP contribution in [0.3, 0.4) is 0 Å². The van der Waals surface area contributed by atoms with E-state index in [1.165, 1.54) is 186 Å². The number of carbonyl (C=O) groups excluding carboxylic acids is 1. The van der Waals surface area contributed by atoms with Crippen molar-refractivity contribution in [3.05, 3.63) is 122 Å². The molecule has 0 bridgehead atoms. The number of nitrogens with zero attached hydrogens (tertiary/aromatic N) is 1. The van der Waals surface area contributed by atoms with Crippen molar-refractivity contribution in [3.8, 4) is 0 Å². The molecule has 0 aliphatic heterocycles. The molecule has 0 aromatic rings. The fourth-order valence-electron chi connectivity index (χ4n) is 9.94. The standard InChI is InChI=1S/C76H135N2O6P/c1-6-8-10-12-14-16-18-20-22-24-26-28-30-32-34-36-38-40-41-43-45-47-49-51-53-55-57-59-61-63-65-67-69-75(79)74(73-84-85(81,82)83-72-71-78(3,4)5)77-76(80)70-68-66-64-62-60-58-56-54-52-50-48-46-44-42-39-37-35-33-31-29-27-25-23-21-19-17-15-13-11-9-7-2/h9,11,15,17,21,23,27,29,33,35,39,42,46,48,51,53,59,61,67,69,74-75,79H,6-8,10,12-14,16,18-20,22,24-26,28,30-32,34,36-38,40-41,43-45,47,49-50,52,54-58,60,62-66,68,70-73H2,1-5H3,(H-,77,80,81,82)/p+1/b11-9-,17-15-,23-21-,29-27-,35-33-,42-39-,48-46-,53-51+,61-59+,69-67+. The van der Waals surface area contributed by atoms with E-state index in [1.54, 1.807) is 6.08 Å². The first-order chi connectivity index (χ1) is 41.5. The van der Waals surface area contributed by atoms with Gasteiger partial charge in [-0.3, -0.25) is 13.8 Å². The summed E-state index contributed by atoms with van der Waals surface area (Å²) in [7, 11) is 1.53. The van der Waals surface area contributed by atoms with Crippen molar-refractivity contribution in [3.63, 3.8) is 0 Å². The van der Waals surface area contributed by atoms with Crippen LogP contribution in [0.4, 0.5) is 0 Å². The summed E-state index contributed by atoms with van der Waals surface area (Å²) < 4.78 is 23.8. The molecule has 0 heterocycles. The van der Waals surface area contributed by atoms with Crippen molar-refractivity contribution >= 4 is 13.7 Å². The van der Waals surface area contributed by atoms with Gasteiger partial charge in [-0.15, -0.1) is 0 Å². The van der Waals surface area contributed by atoms with E-state index in [9.17, 15) is 19.4 Å². The van der Waals surface area contributed by atoms with Crippen LogP contribution >= 0.6 is 7.82 Å². The zero-order valence-electron chi connectivity index (χ0n) is 56.1. The van der Waals surface area contributed by atoms with Crippen molar-refractivity contribution in [1.29, 1.82) is 0 Å². The molecule has 3 unspecified atom stereocenters. The van der Waals surface area contributed by atoms with E-state index in [2.05, 4.69) is 129 Å². The molecule has 0 rings (SSSR count). The Morgan fingerprint density at radius 2 is 0.718 bits per heavy atom. The second-order valence-corrected chi connectivity index (χ2v) is 26.3. The Morgan fingerprint density at radius 3 is 1.08 bits per heavy atom. The lowest BCUT2D eigenvalue weighted by Gasteiger charge is -2.25. The van der Waals surface area contributed by atoms with Gasteiger partial charge in [0, 0.05) is 6.42 Å². The highest BCUT2D eigenvalue weighted by atomic mass is 31.2. The van der Waals surface area contributed by atoms with Crippen LogP contribution in [0.25, 0.3) is 0 Å². The summed E-state index contributed by atoms with van der Waals surface area (Å²) in [5, 5.41) is 14.0. The Bertz CT molecular complexity index is 1800. The molecule has 85 heavy (non-hydrogen) atoms. The van der Waals surface area contributed by atoms with E-state index in [0.29, 0.717) is 17.4 Å². The Morgan fingerprint density at radius 1 is 0.412 bits per heavy atom. The summed E-state index contributed by atoms with van der Waals surface area (Å²) in [4.78, 5) is 23.4. The minimum absolute atomic E-state index is 0.0463. The first-order valence-electron chi connectivity index (χ1n) is 35.4. The summed E-state index contributed by atoms with van der Waals surface area (Å²) in [5.74, 6) is -0.200. The molecule has 0 saturated heterocycles. The van der Waals surface area contributed by atoms with Crippen LogP contribution in [0.1, 0.15) is 303 Å². The van der Waals surface area contributed by atoms with Crippen molar-refractivity contribution in [2.45, 2.75) is 315 Å². The monoisotopic (exact) mass is 1200 g/mol. The Balaban J connectivity index is 4.19. The number of amides is 1. The lowest BCUT2D eigenvalue weighted by Crippen LogP contribution is -2.45. The zero-order chi connectivity index (χ0) is 61.9. The van der Waals surface area contributed by atoms with Gasteiger partial charge < -0.3 is 19.8 Å². The Kier molecular flexibility index (Phi) is 63.0. The molecule has 3 atom stereocenters. The smallest absolute Gasteiger partial charge is 0.387 e. The van der Waals surface area contributed by atoms with Gasteiger partial charge in [0.15, 0.2) is 0 Å². The number of aliphatic hydroxyl groups is 1. The van der Waals surface area contributed by atoms with E-state index in [1.807, 2.05) is 27.2 Å². The van der Waals surface area contributed by atoms with Crippen molar-refractivity contribution in [2.24, 2.45) is 0 Å². The third kappa shape index (κ3) is 68.3. The maximum atomic E-state index is 13.0. The average molecular weight is 1200 g/mol. The van der Waals surface area contributed by atoms with Gasteiger partial charge in [0.2, 0.25) is 5.91 Å². The molecule has 0 aliphatic rings. The number of unbranched alkanes of at least 4 members (excludes halogenated alkanes) is 33. The van der Waals surface area contributed by atoms with E-state index in [-0.39, 0.29) is 19.1 Å². The van der Waals surface area contributed by atoms with Gasteiger partial charge in [-0.1, -0.05) is 315 Å². The van der Waals surface area contributed by atoms with Gasteiger partial charge in [-0.25, -0.2) is 4.57 Å². The molecule has 8 nitrogen and oxygen atoms in total. The molecular weight excluding hydrogens is 1070 g/mol. The highest BCUT2D eigenvalue weighted by molar-refractivity contribution is 7.47. The molecular formula is C76H136N2O6P+. The molecule has 3 N–H and O–H groups in total. The fraction of sp³-hybridized carbons (Fsp3) is 0.724. The third-order valence-electron chi connectivity index (χ3n) is 15.4. The summed E-state index contributed by atoms with van der Waals surface area (Å²) in [6.07, 6.45) is 97.8. The van der Waals surface area contributed by atoms with Crippen LogP contribution in [0.5, 0.6) is 0 Å². The van der Waals surface area contributed by atoms with E-state index in [0.717, 1.165) is 96.3 Å². The quantitative estimate of drug-likeness (QED) is 0.0243. The maximum Gasteiger partial charge on any atom is 0.472 e. The van der Waals surface area contributed by atoms with Crippen LogP contribution in [0, 0.1) is 0 Å². The third-order valence-corrected chi connectivity index (χ3v) is 16.4. The number of quaternary nitrogens is 1. The summed E-state index contributed by atoms with van der Waals surface area (Å²) in [6, 6.07) is -0.884. The summed E-state index contributed by atoms with van der Waals surface area (Å²) in [5.41, 5.74) is 0. The second kappa shape index (κ2) is 65.3. The van der Waals surface area contributed by atoms with Crippen molar-refractivity contribution in [2.75, 3.05) is 40.9 Å². The lowest BCUT2D eigenvalue weighted by atomic mass is 10.0. The van der Waals surface area contributed by atoms with Crippen molar-refractivity contribution < 1.29 is 32.9 Å². The number of allylic oxidation sites excluding steroid dienone is 19. The first-order valence-corrected chi connectivity index (χ1v) is 36.9. The van der Waals surface area contributed by atoms with E-state index in [4.69, 9.17) is 9.05 Å². The number of hydrogen-bond acceptors (Lipinski definition) is 5. The molecule has 490 valence electrons. The number of carbonyl (C=O) groups is 1. The van der Waals surface area contributed by atoms with Crippen LogP contribution in [0.15, 0.2) is 122 Å². The summed E-state index contributed by atoms with van der Waals surface area (Å²) in [6.45, 7) is 4.69. The normalized spacial score (nSPS) is 14.4. The highest BCUT2D eigenvalue weighted by Crippen LogP contribution is 2.43. The second-order valence-electron chi connectivity index (χ2n) is 24.9. The SMILES string of the molecule is CC/C=C\C/C=C\C/C=C\C/C=C\C/C=C\C/C=C\C/C=C\CCCCCCCCCCCC(=O)NC(COP(=O)(O)OCC[N+](C)(C)C)C(O)/C=C/CC/C=C/CC/C=C/CCCCCCCCCCCCCCCCCCCCCCCC. The molecule has 9 heteroatoms. The Hall–Kier alpha value is -3.10. The molecule has 0 spiro atoms. The number of phosphoric ester groups is 1. The van der Waals surface area contributed by atoms with Crippen LogP contribution < -0.4 is 5.32 Å².